The first kappa shape index (κ1) is 14.2. The van der Waals surface area contributed by atoms with Crippen molar-refractivity contribution >= 4 is 17.7 Å². The van der Waals surface area contributed by atoms with Crippen LogP contribution < -0.4 is 0 Å². The maximum absolute atomic E-state index is 12.9. The highest BCUT2D eigenvalue weighted by Gasteiger charge is 2.26. The molecule has 1 N–H and O–H groups in total. The van der Waals surface area contributed by atoms with Crippen LogP contribution in [0.4, 0.5) is 4.39 Å². The second-order valence-corrected chi connectivity index (χ2v) is 5.06. The molecule has 2 aromatic rings. The molecule has 0 saturated heterocycles. The maximum atomic E-state index is 12.9. The molecule has 0 radical (unpaired) electrons. The first-order valence-corrected chi connectivity index (χ1v) is 6.76. The minimum atomic E-state index is -0.461. The van der Waals surface area contributed by atoms with Gasteiger partial charge in [0.1, 0.15) is 11.6 Å². The number of halogens is 1. The lowest BCUT2D eigenvalue weighted by Crippen LogP contribution is -2.19. The zero-order valence-corrected chi connectivity index (χ0v) is 11.8. The van der Waals surface area contributed by atoms with Crippen LogP contribution in [-0.2, 0) is 11.2 Å². The summed E-state index contributed by atoms with van der Waals surface area (Å²) in [6, 6.07) is 6.04. The van der Waals surface area contributed by atoms with E-state index in [2.05, 4.69) is 9.98 Å². The van der Waals surface area contributed by atoms with Gasteiger partial charge in [0, 0.05) is 12.6 Å². The Labute approximate surface area is 125 Å². The Morgan fingerprint density at radius 2 is 2.05 bits per heavy atom. The topological polar surface area (TPSA) is 75.7 Å². The second kappa shape index (κ2) is 5.55. The standard InChI is InChI=1S/C16H13FN2O3/c1-9-7-18-13(15(21)14(9)20)16-19-8-12(22-16)6-10-2-4-11(17)5-3-10/h2-5,7-9,21H,6H2,1H3. The van der Waals surface area contributed by atoms with E-state index in [9.17, 15) is 14.3 Å². The Hall–Kier alpha value is -2.76. The number of aliphatic imine (C=N–C) groups is 1. The molecule has 0 saturated carbocycles. The van der Waals surface area contributed by atoms with Crippen molar-refractivity contribution in [2.75, 3.05) is 0 Å². The van der Waals surface area contributed by atoms with Crippen molar-refractivity contribution in [3.63, 3.8) is 0 Å². The summed E-state index contributed by atoms with van der Waals surface area (Å²) in [6.07, 6.45) is 3.37. The molecule has 1 aromatic carbocycles. The number of benzene rings is 1. The summed E-state index contributed by atoms with van der Waals surface area (Å²) in [4.78, 5) is 19.8. The fourth-order valence-electron chi connectivity index (χ4n) is 2.11. The highest BCUT2D eigenvalue weighted by atomic mass is 19.1. The highest BCUT2D eigenvalue weighted by Crippen LogP contribution is 2.25. The number of nitrogens with zero attached hydrogens (tertiary/aromatic N) is 2. The molecule has 1 aliphatic rings. The minimum Gasteiger partial charge on any atom is -0.503 e. The molecule has 0 spiro atoms. The van der Waals surface area contributed by atoms with Gasteiger partial charge in [-0.05, 0) is 24.6 Å². The molecule has 22 heavy (non-hydrogen) atoms. The van der Waals surface area contributed by atoms with Gasteiger partial charge in [0.15, 0.2) is 11.5 Å². The quantitative estimate of drug-likeness (QED) is 0.945. The lowest BCUT2D eigenvalue weighted by molar-refractivity contribution is -0.119. The summed E-state index contributed by atoms with van der Waals surface area (Å²) in [5.74, 6) is -0.999. The zero-order valence-electron chi connectivity index (χ0n) is 11.8. The molecule has 3 rings (SSSR count). The smallest absolute Gasteiger partial charge is 0.249 e. The second-order valence-electron chi connectivity index (χ2n) is 5.06. The van der Waals surface area contributed by atoms with Crippen LogP contribution in [0, 0.1) is 11.7 Å². The Bertz CT molecular complexity index is 775. The van der Waals surface area contributed by atoms with Gasteiger partial charge in [0.2, 0.25) is 11.7 Å². The minimum absolute atomic E-state index is 0.0356. The van der Waals surface area contributed by atoms with Crippen molar-refractivity contribution in [1.82, 2.24) is 4.98 Å². The van der Waals surface area contributed by atoms with E-state index in [1.807, 2.05) is 0 Å². The molecule has 1 atom stereocenters. The van der Waals surface area contributed by atoms with Crippen molar-refractivity contribution in [2.24, 2.45) is 10.9 Å². The van der Waals surface area contributed by atoms with Crippen LogP contribution in [0.2, 0.25) is 0 Å². The fourth-order valence-corrected chi connectivity index (χ4v) is 2.11. The van der Waals surface area contributed by atoms with Gasteiger partial charge in [-0.1, -0.05) is 12.1 Å². The number of carbonyl (C=O) groups excluding carboxylic acids is 1. The zero-order chi connectivity index (χ0) is 15.7. The number of ketones is 1. The third-order valence-corrected chi connectivity index (χ3v) is 3.35. The molecule has 1 aliphatic heterocycles. The predicted molar refractivity (Wildman–Crippen MR) is 77.9 cm³/mol. The number of aliphatic hydroxyl groups is 1. The lowest BCUT2D eigenvalue weighted by Gasteiger charge is -2.11. The van der Waals surface area contributed by atoms with Crippen LogP contribution >= 0.6 is 0 Å². The highest BCUT2D eigenvalue weighted by molar-refractivity contribution is 6.11. The summed E-state index contributed by atoms with van der Waals surface area (Å²) in [6.45, 7) is 1.65. The van der Waals surface area contributed by atoms with E-state index >= 15 is 0 Å². The van der Waals surface area contributed by atoms with E-state index in [0.29, 0.717) is 12.2 Å². The van der Waals surface area contributed by atoms with E-state index in [1.165, 1.54) is 24.5 Å². The molecule has 1 unspecified atom stereocenters. The predicted octanol–water partition coefficient (Wildman–Crippen LogP) is 2.92. The van der Waals surface area contributed by atoms with Crippen LogP contribution in [0.15, 0.2) is 45.6 Å². The molecule has 0 fully saturated rings. The Morgan fingerprint density at radius 1 is 1.32 bits per heavy atom. The molecule has 2 heterocycles. The van der Waals surface area contributed by atoms with Crippen molar-refractivity contribution < 1.29 is 18.7 Å². The van der Waals surface area contributed by atoms with Crippen molar-refractivity contribution in [1.29, 1.82) is 0 Å². The largest absolute Gasteiger partial charge is 0.503 e. The van der Waals surface area contributed by atoms with Crippen LogP contribution in [-0.4, -0.2) is 22.1 Å². The van der Waals surface area contributed by atoms with Crippen molar-refractivity contribution in [2.45, 2.75) is 13.3 Å². The number of allylic oxidation sites excluding steroid dienone is 1. The monoisotopic (exact) mass is 300 g/mol. The van der Waals surface area contributed by atoms with E-state index in [0.717, 1.165) is 5.56 Å². The molecule has 1 aromatic heterocycles. The fraction of sp³-hybridized carbons (Fsp3) is 0.188. The molecule has 0 bridgehead atoms. The number of carbonyl (C=O) groups is 1. The molecular weight excluding hydrogens is 287 g/mol. The van der Waals surface area contributed by atoms with Crippen LogP contribution in [0.1, 0.15) is 24.1 Å². The normalized spacial score (nSPS) is 18.1. The first-order chi connectivity index (χ1) is 10.5. The number of aromatic nitrogens is 1. The summed E-state index contributed by atoms with van der Waals surface area (Å²) in [5, 5.41) is 9.87. The lowest BCUT2D eigenvalue weighted by atomic mass is 10.0. The average Bonchev–Trinajstić information content (AvgIpc) is 2.96. The summed E-state index contributed by atoms with van der Waals surface area (Å²) in [7, 11) is 0. The van der Waals surface area contributed by atoms with Gasteiger partial charge in [-0.3, -0.25) is 9.79 Å². The molecule has 5 nitrogen and oxygen atoms in total. The number of hydrogen-bond donors (Lipinski definition) is 1. The molecule has 0 aliphatic carbocycles. The van der Waals surface area contributed by atoms with E-state index < -0.39 is 17.5 Å². The van der Waals surface area contributed by atoms with Crippen LogP contribution in [0.3, 0.4) is 0 Å². The summed E-state index contributed by atoms with van der Waals surface area (Å²) >= 11 is 0. The summed E-state index contributed by atoms with van der Waals surface area (Å²) in [5.41, 5.74) is 0.896. The number of hydrogen-bond acceptors (Lipinski definition) is 5. The maximum Gasteiger partial charge on any atom is 0.249 e. The van der Waals surface area contributed by atoms with Gasteiger partial charge in [-0.15, -0.1) is 0 Å². The van der Waals surface area contributed by atoms with E-state index in [1.54, 1.807) is 19.1 Å². The number of oxazole rings is 1. The Balaban J connectivity index is 1.84. The number of aliphatic hydroxyl groups excluding tert-OH is 1. The van der Waals surface area contributed by atoms with Gasteiger partial charge >= 0.3 is 0 Å². The molecule has 112 valence electrons. The molecule has 0 amide bonds. The molecule has 6 heteroatoms. The SMILES string of the molecule is CC1C=NC(c2ncc(Cc3ccc(F)cc3)o2)=C(O)C1=O. The first-order valence-electron chi connectivity index (χ1n) is 6.76. The third-order valence-electron chi connectivity index (χ3n) is 3.35. The van der Waals surface area contributed by atoms with Gasteiger partial charge < -0.3 is 9.52 Å². The van der Waals surface area contributed by atoms with Crippen LogP contribution in [0.5, 0.6) is 0 Å². The average molecular weight is 300 g/mol. The Kier molecular flexibility index (Phi) is 3.58. The number of Topliss-reactive ketones (excluding diaryl/α,β-unsaturated/α-hetero) is 1. The van der Waals surface area contributed by atoms with E-state index in [4.69, 9.17) is 4.42 Å². The Morgan fingerprint density at radius 3 is 2.77 bits per heavy atom. The van der Waals surface area contributed by atoms with Crippen LogP contribution in [0.25, 0.3) is 5.70 Å². The van der Waals surface area contributed by atoms with Crippen molar-refractivity contribution in [3.05, 3.63) is 59.3 Å². The van der Waals surface area contributed by atoms with Gasteiger partial charge in [-0.2, -0.15) is 0 Å². The molecular formula is C16H13FN2O3. The number of rotatable bonds is 3. The van der Waals surface area contributed by atoms with Gasteiger partial charge in [-0.25, -0.2) is 9.37 Å². The summed E-state index contributed by atoms with van der Waals surface area (Å²) < 4.78 is 18.4. The third kappa shape index (κ3) is 2.67. The van der Waals surface area contributed by atoms with E-state index in [-0.39, 0.29) is 17.4 Å². The van der Waals surface area contributed by atoms with Gasteiger partial charge in [0.05, 0.1) is 12.1 Å². The van der Waals surface area contributed by atoms with Gasteiger partial charge in [0.25, 0.3) is 0 Å². The van der Waals surface area contributed by atoms with Crippen molar-refractivity contribution in [3.8, 4) is 0 Å².